The molecular formula is C15H28N2O3. The molecule has 3 unspecified atom stereocenters. The van der Waals surface area contributed by atoms with Gasteiger partial charge in [-0.25, -0.2) is 0 Å². The second-order valence-corrected chi connectivity index (χ2v) is 6.22. The zero-order valence-electron chi connectivity index (χ0n) is 12.8. The topological polar surface area (TPSA) is 78.4 Å². The van der Waals surface area contributed by atoms with Gasteiger partial charge in [0.15, 0.2) is 0 Å². The fourth-order valence-corrected chi connectivity index (χ4v) is 2.62. The molecule has 20 heavy (non-hydrogen) atoms. The maximum absolute atomic E-state index is 11.7. The van der Waals surface area contributed by atoms with E-state index in [1.165, 1.54) is 0 Å². The van der Waals surface area contributed by atoms with Crippen LogP contribution in [0.2, 0.25) is 0 Å². The number of hydrogen-bond acceptors (Lipinski definition) is 3. The lowest BCUT2D eigenvalue weighted by Crippen LogP contribution is -2.43. The van der Waals surface area contributed by atoms with Crippen molar-refractivity contribution in [3.8, 4) is 0 Å². The van der Waals surface area contributed by atoms with Crippen LogP contribution >= 0.6 is 0 Å². The summed E-state index contributed by atoms with van der Waals surface area (Å²) in [6.45, 7) is 7.00. The monoisotopic (exact) mass is 284 g/mol. The van der Waals surface area contributed by atoms with Gasteiger partial charge in [0.05, 0.1) is 12.5 Å². The van der Waals surface area contributed by atoms with Crippen molar-refractivity contribution in [3.05, 3.63) is 0 Å². The van der Waals surface area contributed by atoms with E-state index in [9.17, 15) is 14.7 Å². The molecule has 5 heteroatoms. The second kappa shape index (κ2) is 8.25. The van der Waals surface area contributed by atoms with Crippen LogP contribution in [-0.2, 0) is 9.59 Å². The second-order valence-electron chi connectivity index (χ2n) is 6.22. The number of carbonyl (C=O) groups excluding carboxylic acids is 1. The van der Waals surface area contributed by atoms with Crippen molar-refractivity contribution >= 4 is 11.9 Å². The predicted octanol–water partition coefficient (Wildman–Crippen LogP) is 1.63. The molecule has 0 bridgehead atoms. The Bertz CT molecular complexity index is 331. The van der Waals surface area contributed by atoms with E-state index in [1.54, 1.807) is 0 Å². The first-order chi connectivity index (χ1) is 9.41. The molecule has 0 aromatic carbocycles. The molecule has 3 atom stereocenters. The van der Waals surface area contributed by atoms with E-state index in [1.807, 2.05) is 6.92 Å². The van der Waals surface area contributed by atoms with E-state index < -0.39 is 5.97 Å². The molecule has 1 amide bonds. The van der Waals surface area contributed by atoms with Gasteiger partial charge < -0.3 is 15.7 Å². The first kappa shape index (κ1) is 17.0. The standard InChI is InChI=1S/C15H28N2O3/c1-10(2)11(3)17-14(18)9-16-8-12-6-4-5-7-13(12)15(19)20/h10-13,16H,4-9H2,1-3H3,(H,17,18)(H,19,20). The Balaban J connectivity index is 2.28. The summed E-state index contributed by atoms with van der Waals surface area (Å²) in [6.07, 6.45) is 3.79. The maximum Gasteiger partial charge on any atom is 0.306 e. The molecule has 0 spiro atoms. The third-order valence-electron chi connectivity index (χ3n) is 4.31. The molecule has 1 aliphatic carbocycles. The van der Waals surface area contributed by atoms with E-state index in [4.69, 9.17) is 0 Å². The highest BCUT2D eigenvalue weighted by molar-refractivity contribution is 5.78. The van der Waals surface area contributed by atoms with E-state index >= 15 is 0 Å². The highest BCUT2D eigenvalue weighted by Gasteiger charge is 2.30. The Morgan fingerprint density at radius 1 is 1.20 bits per heavy atom. The van der Waals surface area contributed by atoms with E-state index in [0.717, 1.165) is 25.7 Å². The fourth-order valence-electron chi connectivity index (χ4n) is 2.62. The molecule has 1 rings (SSSR count). The van der Waals surface area contributed by atoms with Gasteiger partial charge in [0, 0.05) is 6.04 Å². The number of carbonyl (C=O) groups is 2. The normalized spacial score (nSPS) is 24.4. The van der Waals surface area contributed by atoms with E-state index in [2.05, 4.69) is 24.5 Å². The Labute approximate surface area is 121 Å². The van der Waals surface area contributed by atoms with Crippen LogP contribution in [0.5, 0.6) is 0 Å². The van der Waals surface area contributed by atoms with Crippen LogP contribution < -0.4 is 10.6 Å². The number of aliphatic carboxylic acids is 1. The molecule has 0 aromatic heterocycles. The van der Waals surface area contributed by atoms with Crippen molar-refractivity contribution in [3.63, 3.8) is 0 Å². The average molecular weight is 284 g/mol. The maximum atomic E-state index is 11.7. The molecule has 0 radical (unpaired) electrons. The smallest absolute Gasteiger partial charge is 0.306 e. The van der Waals surface area contributed by atoms with Gasteiger partial charge in [0.1, 0.15) is 0 Å². The molecule has 1 aliphatic rings. The number of rotatable bonds is 7. The highest BCUT2D eigenvalue weighted by Crippen LogP contribution is 2.29. The Hall–Kier alpha value is -1.10. The van der Waals surface area contributed by atoms with Gasteiger partial charge in [-0.1, -0.05) is 26.7 Å². The average Bonchev–Trinajstić information content (AvgIpc) is 2.38. The lowest BCUT2D eigenvalue weighted by Gasteiger charge is -2.28. The van der Waals surface area contributed by atoms with Crippen molar-refractivity contribution in [1.29, 1.82) is 0 Å². The van der Waals surface area contributed by atoms with Crippen molar-refractivity contribution in [2.24, 2.45) is 17.8 Å². The first-order valence-corrected chi connectivity index (χ1v) is 7.64. The van der Waals surface area contributed by atoms with Gasteiger partial charge in [-0.05, 0) is 38.1 Å². The first-order valence-electron chi connectivity index (χ1n) is 7.64. The molecule has 3 N–H and O–H groups in total. The summed E-state index contributed by atoms with van der Waals surface area (Å²) >= 11 is 0. The summed E-state index contributed by atoms with van der Waals surface area (Å²) in [5, 5.41) is 15.2. The van der Waals surface area contributed by atoms with E-state index in [-0.39, 0.29) is 30.3 Å². The predicted molar refractivity (Wildman–Crippen MR) is 78.4 cm³/mol. The molecule has 0 saturated heterocycles. The minimum atomic E-state index is -0.700. The summed E-state index contributed by atoms with van der Waals surface area (Å²) < 4.78 is 0. The summed E-state index contributed by atoms with van der Waals surface area (Å²) in [5.74, 6) is -0.414. The van der Waals surface area contributed by atoms with Crippen LogP contribution in [0.15, 0.2) is 0 Å². The van der Waals surface area contributed by atoms with Crippen molar-refractivity contribution in [2.75, 3.05) is 13.1 Å². The van der Waals surface area contributed by atoms with Gasteiger partial charge in [0.2, 0.25) is 5.91 Å². The Morgan fingerprint density at radius 2 is 1.85 bits per heavy atom. The van der Waals surface area contributed by atoms with Crippen molar-refractivity contribution in [1.82, 2.24) is 10.6 Å². The molecule has 5 nitrogen and oxygen atoms in total. The zero-order chi connectivity index (χ0) is 15.1. The third kappa shape index (κ3) is 5.49. The molecule has 0 heterocycles. The van der Waals surface area contributed by atoms with Crippen LogP contribution in [0, 0.1) is 17.8 Å². The van der Waals surface area contributed by atoms with Gasteiger partial charge >= 0.3 is 5.97 Å². The zero-order valence-corrected chi connectivity index (χ0v) is 12.8. The molecule has 1 saturated carbocycles. The van der Waals surface area contributed by atoms with Crippen molar-refractivity contribution < 1.29 is 14.7 Å². The summed E-state index contributed by atoms with van der Waals surface area (Å²) in [6, 6.07) is 0.158. The van der Waals surface area contributed by atoms with Crippen LogP contribution in [0.1, 0.15) is 46.5 Å². The Morgan fingerprint density at radius 3 is 2.45 bits per heavy atom. The molecular weight excluding hydrogens is 256 g/mol. The molecule has 1 fully saturated rings. The quantitative estimate of drug-likeness (QED) is 0.664. The number of amides is 1. The number of hydrogen-bond donors (Lipinski definition) is 3. The lowest BCUT2D eigenvalue weighted by atomic mass is 9.79. The van der Waals surface area contributed by atoms with Crippen LogP contribution in [-0.4, -0.2) is 36.1 Å². The minimum Gasteiger partial charge on any atom is -0.481 e. The lowest BCUT2D eigenvalue weighted by molar-refractivity contribution is -0.144. The largest absolute Gasteiger partial charge is 0.481 e. The van der Waals surface area contributed by atoms with Crippen LogP contribution in [0.25, 0.3) is 0 Å². The van der Waals surface area contributed by atoms with E-state index in [0.29, 0.717) is 12.5 Å². The van der Waals surface area contributed by atoms with Crippen molar-refractivity contribution in [2.45, 2.75) is 52.5 Å². The van der Waals surface area contributed by atoms with Crippen LogP contribution in [0.3, 0.4) is 0 Å². The minimum absolute atomic E-state index is 0.0196. The molecule has 0 aromatic rings. The summed E-state index contributed by atoms with van der Waals surface area (Å²) in [5.41, 5.74) is 0. The summed E-state index contributed by atoms with van der Waals surface area (Å²) in [4.78, 5) is 22.9. The number of carboxylic acid groups (broad SMARTS) is 1. The summed E-state index contributed by atoms with van der Waals surface area (Å²) in [7, 11) is 0. The van der Waals surface area contributed by atoms with Crippen LogP contribution in [0.4, 0.5) is 0 Å². The molecule has 0 aliphatic heterocycles. The number of carboxylic acids is 1. The molecule has 116 valence electrons. The number of nitrogens with one attached hydrogen (secondary N) is 2. The van der Waals surface area contributed by atoms with Gasteiger partial charge in [-0.15, -0.1) is 0 Å². The SMILES string of the molecule is CC(C)C(C)NC(=O)CNCC1CCCCC1C(=O)O. The van der Waals surface area contributed by atoms with Gasteiger partial charge in [-0.2, -0.15) is 0 Å². The third-order valence-corrected chi connectivity index (χ3v) is 4.31. The van der Waals surface area contributed by atoms with Gasteiger partial charge in [0.25, 0.3) is 0 Å². The fraction of sp³-hybridized carbons (Fsp3) is 0.867. The highest BCUT2D eigenvalue weighted by atomic mass is 16.4. The Kier molecular flexibility index (Phi) is 6.99. The van der Waals surface area contributed by atoms with Gasteiger partial charge in [-0.3, -0.25) is 9.59 Å².